The van der Waals surface area contributed by atoms with Crippen LogP contribution in [0.15, 0.2) is 48.5 Å². The maximum Gasteiger partial charge on any atom is 0.262 e. The average molecular weight is 424 g/mol. The molecule has 6 heteroatoms. The van der Waals surface area contributed by atoms with Gasteiger partial charge in [-0.2, -0.15) is 0 Å². The van der Waals surface area contributed by atoms with E-state index in [4.69, 9.17) is 10.5 Å². The molecule has 1 fully saturated rings. The number of carbonyl (C=O) groups is 2. The molecule has 1 aliphatic heterocycles. The second-order valence-electron chi connectivity index (χ2n) is 9.25. The first-order valence-corrected chi connectivity index (χ1v) is 10.8. The van der Waals surface area contributed by atoms with Gasteiger partial charge in [0.05, 0.1) is 5.92 Å². The molecule has 2 amide bonds. The van der Waals surface area contributed by atoms with E-state index in [2.05, 4.69) is 31.0 Å². The van der Waals surface area contributed by atoms with Gasteiger partial charge in [-0.15, -0.1) is 0 Å². The van der Waals surface area contributed by atoms with Crippen molar-refractivity contribution in [3.8, 4) is 5.75 Å². The van der Waals surface area contributed by atoms with Crippen LogP contribution in [0.5, 0.6) is 5.75 Å². The summed E-state index contributed by atoms with van der Waals surface area (Å²) in [6.07, 6.45) is 1.79. The molecule has 0 radical (unpaired) electrons. The maximum absolute atomic E-state index is 12.5. The van der Waals surface area contributed by atoms with Crippen LogP contribution in [-0.4, -0.2) is 36.4 Å². The molecule has 1 unspecified atom stereocenters. The average Bonchev–Trinajstić information content (AvgIpc) is 2.73. The fourth-order valence-electron chi connectivity index (χ4n) is 3.84. The standard InChI is InChI=1S/C25H33N3O3/c1-25(2,3)20-10-12-21(13-11-20)31-17-23(29)27-22-9-5-4-7-18(22)15-28-14-6-8-19(16-28)24(26)30/h4-5,7,9-13,19H,6,8,14-17H2,1-3H3,(H2,26,30)(H,27,29). The number of rotatable bonds is 7. The molecule has 0 aliphatic carbocycles. The molecule has 31 heavy (non-hydrogen) atoms. The van der Waals surface area contributed by atoms with Crippen LogP contribution in [0.1, 0.15) is 44.7 Å². The second-order valence-corrected chi connectivity index (χ2v) is 9.25. The van der Waals surface area contributed by atoms with Crippen molar-refractivity contribution in [2.24, 2.45) is 11.7 Å². The molecule has 1 aliphatic rings. The lowest BCUT2D eigenvalue weighted by molar-refractivity contribution is -0.123. The minimum absolute atomic E-state index is 0.0589. The first kappa shape index (κ1) is 22.8. The predicted molar refractivity (Wildman–Crippen MR) is 123 cm³/mol. The third-order valence-electron chi connectivity index (χ3n) is 5.68. The number of nitrogens with one attached hydrogen (secondary N) is 1. The molecule has 1 saturated heterocycles. The van der Waals surface area contributed by atoms with E-state index in [1.165, 1.54) is 5.56 Å². The summed E-state index contributed by atoms with van der Waals surface area (Å²) in [6, 6.07) is 15.6. The van der Waals surface area contributed by atoms with E-state index >= 15 is 0 Å². The monoisotopic (exact) mass is 423 g/mol. The SMILES string of the molecule is CC(C)(C)c1ccc(OCC(=O)Nc2ccccc2CN2CCCC(C(N)=O)C2)cc1. The minimum atomic E-state index is -0.237. The third kappa shape index (κ3) is 6.56. The van der Waals surface area contributed by atoms with Crippen LogP contribution in [0.25, 0.3) is 0 Å². The Kier molecular flexibility index (Phi) is 7.33. The molecule has 2 aromatic rings. The molecule has 2 aromatic carbocycles. The van der Waals surface area contributed by atoms with Gasteiger partial charge in [0.15, 0.2) is 6.61 Å². The molecule has 1 atom stereocenters. The van der Waals surface area contributed by atoms with Crippen molar-refractivity contribution < 1.29 is 14.3 Å². The van der Waals surface area contributed by atoms with Gasteiger partial charge in [0.25, 0.3) is 5.91 Å². The van der Waals surface area contributed by atoms with Crippen molar-refractivity contribution in [2.75, 3.05) is 25.0 Å². The number of carbonyl (C=O) groups excluding carboxylic acids is 2. The summed E-state index contributed by atoms with van der Waals surface area (Å²) in [5, 5.41) is 2.96. The molecule has 3 N–H and O–H groups in total. The van der Waals surface area contributed by atoms with Gasteiger partial charge in [-0.05, 0) is 54.1 Å². The zero-order valence-electron chi connectivity index (χ0n) is 18.7. The van der Waals surface area contributed by atoms with Gasteiger partial charge in [0, 0.05) is 18.8 Å². The van der Waals surface area contributed by atoms with E-state index in [0.717, 1.165) is 30.6 Å². The summed E-state index contributed by atoms with van der Waals surface area (Å²) in [5.41, 5.74) is 8.56. The highest BCUT2D eigenvalue weighted by Gasteiger charge is 2.24. The van der Waals surface area contributed by atoms with Gasteiger partial charge in [-0.25, -0.2) is 0 Å². The van der Waals surface area contributed by atoms with Crippen LogP contribution >= 0.6 is 0 Å². The lowest BCUT2D eigenvalue weighted by atomic mass is 9.87. The Labute approximate surface area is 184 Å². The number of amides is 2. The summed E-state index contributed by atoms with van der Waals surface area (Å²) in [6.45, 7) is 8.65. The van der Waals surface area contributed by atoms with Crippen molar-refractivity contribution in [1.82, 2.24) is 4.90 Å². The molecule has 1 heterocycles. The molecular weight excluding hydrogens is 390 g/mol. The number of piperidine rings is 1. The number of primary amides is 1. The van der Waals surface area contributed by atoms with Crippen LogP contribution in [-0.2, 0) is 21.5 Å². The first-order valence-electron chi connectivity index (χ1n) is 10.8. The smallest absolute Gasteiger partial charge is 0.262 e. The Balaban J connectivity index is 1.56. The number of hydrogen-bond donors (Lipinski definition) is 2. The Morgan fingerprint density at radius 2 is 1.84 bits per heavy atom. The predicted octanol–water partition coefficient (Wildman–Crippen LogP) is 3.70. The van der Waals surface area contributed by atoms with E-state index in [9.17, 15) is 9.59 Å². The van der Waals surface area contributed by atoms with Gasteiger partial charge in [0.1, 0.15) is 5.75 Å². The fraction of sp³-hybridized carbons (Fsp3) is 0.440. The molecule has 6 nitrogen and oxygen atoms in total. The summed E-state index contributed by atoms with van der Waals surface area (Å²) in [7, 11) is 0. The van der Waals surface area contributed by atoms with Crippen molar-refractivity contribution in [2.45, 2.75) is 45.6 Å². The van der Waals surface area contributed by atoms with Gasteiger partial charge in [-0.3, -0.25) is 14.5 Å². The van der Waals surface area contributed by atoms with Crippen molar-refractivity contribution in [3.63, 3.8) is 0 Å². The summed E-state index contributed by atoms with van der Waals surface area (Å²) in [4.78, 5) is 26.3. The number of ether oxygens (including phenoxy) is 1. The number of hydrogen-bond acceptors (Lipinski definition) is 4. The van der Waals surface area contributed by atoms with Crippen LogP contribution in [0.3, 0.4) is 0 Å². The van der Waals surface area contributed by atoms with Gasteiger partial charge in [-0.1, -0.05) is 51.1 Å². The normalized spacial score (nSPS) is 17.2. The number of benzene rings is 2. The Bertz CT molecular complexity index is 903. The van der Waals surface area contributed by atoms with E-state index in [1.54, 1.807) is 0 Å². The van der Waals surface area contributed by atoms with Crippen molar-refractivity contribution in [3.05, 3.63) is 59.7 Å². The number of para-hydroxylation sites is 1. The zero-order valence-corrected chi connectivity index (χ0v) is 18.7. The lowest BCUT2D eigenvalue weighted by Crippen LogP contribution is -2.40. The number of nitrogens with two attached hydrogens (primary N) is 1. The largest absolute Gasteiger partial charge is 0.484 e. The second kappa shape index (κ2) is 9.96. The van der Waals surface area contributed by atoms with Gasteiger partial charge < -0.3 is 15.8 Å². The van der Waals surface area contributed by atoms with E-state index in [1.807, 2.05) is 48.5 Å². The Morgan fingerprint density at radius 3 is 2.52 bits per heavy atom. The number of nitrogens with zero attached hydrogens (tertiary/aromatic N) is 1. The number of likely N-dealkylation sites (tertiary alicyclic amines) is 1. The molecule has 0 spiro atoms. The maximum atomic E-state index is 12.5. The zero-order chi connectivity index (χ0) is 22.4. The van der Waals surface area contributed by atoms with Gasteiger partial charge >= 0.3 is 0 Å². The van der Waals surface area contributed by atoms with Crippen LogP contribution in [0, 0.1) is 5.92 Å². The lowest BCUT2D eigenvalue weighted by Gasteiger charge is -2.31. The van der Waals surface area contributed by atoms with Crippen molar-refractivity contribution in [1.29, 1.82) is 0 Å². The highest BCUT2D eigenvalue weighted by Crippen LogP contribution is 2.25. The minimum Gasteiger partial charge on any atom is -0.484 e. The third-order valence-corrected chi connectivity index (χ3v) is 5.68. The number of anilines is 1. The van der Waals surface area contributed by atoms with Crippen molar-refractivity contribution >= 4 is 17.5 Å². The fourth-order valence-corrected chi connectivity index (χ4v) is 3.84. The van der Waals surface area contributed by atoms with E-state index in [-0.39, 0.29) is 29.8 Å². The molecule has 3 rings (SSSR count). The van der Waals surface area contributed by atoms with Crippen LogP contribution < -0.4 is 15.8 Å². The topological polar surface area (TPSA) is 84.7 Å². The summed E-state index contributed by atoms with van der Waals surface area (Å²) in [5.74, 6) is 0.121. The highest BCUT2D eigenvalue weighted by atomic mass is 16.5. The Hall–Kier alpha value is -2.86. The molecule has 0 saturated carbocycles. The quantitative estimate of drug-likeness (QED) is 0.711. The first-order chi connectivity index (χ1) is 14.7. The van der Waals surface area contributed by atoms with Crippen LogP contribution in [0.4, 0.5) is 5.69 Å². The Morgan fingerprint density at radius 1 is 1.13 bits per heavy atom. The highest BCUT2D eigenvalue weighted by molar-refractivity contribution is 5.92. The van der Waals surface area contributed by atoms with Crippen LogP contribution in [0.2, 0.25) is 0 Å². The molecule has 166 valence electrons. The summed E-state index contributed by atoms with van der Waals surface area (Å²) >= 11 is 0. The summed E-state index contributed by atoms with van der Waals surface area (Å²) < 4.78 is 5.66. The van der Waals surface area contributed by atoms with E-state index in [0.29, 0.717) is 18.8 Å². The van der Waals surface area contributed by atoms with Gasteiger partial charge in [0.2, 0.25) is 5.91 Å². The molecule has 0 bridgehead atoms. The van der Waals surface area contributed by atoms with E-state index < -0.39 is 0 Å². The molecule has 0 aromatic heterocycles. The molecular formula is C25H33N3O3.